The molecule has 0 saturated heterocycles. The monoisotopic (exact) mass is 348 g/mol. The molecule has 0 spiro atoms. The van der Waals surface area contributed by atoms with Crippen LogP contribution in [0.15, 0.2) is 22.7 Å². The first-order valence-electron chi connectivity index (χ1n) is 5.66. The van der Waals surface area contributed by atoms with Crippen LogP contribution >= 0.6 is 27.5 Å². The van der Waals surface area contributed by atoms with Gasteiger partial charge in [-0.25, -0.2) is 4.79 Å². The van der Waals surface area contributed by atoms with Crippen molar-refractivity contribution in [3.05, 3.63) is 27.7 Å². The van der Waals surface area contributed by atoms with E-state index in [1.165, 1.54) is 4.90 Å². The van der Waals surface area contributed by atoms with Gasteiger partial charge in [-0.05, 0) is 41.1 Å². The van der Waals surface area contributed by atoms with E-state index in [0.29, 0.717) is 21.7 Å². The van der Waals surface area contributed by atoms with Crippen molar-refractivity contribution in [1.82, 2.24) is 4.90 Å². The summed E-state index contributed by atoms with van der Waals surface area (Å²) in [7, 11) is 0. The Kier molecular flexibility index (Phi) is 6.11. The number of hydrogen-bond donors (Lipinski definition) is 2. The van der Waals surface area contributed by atoms with E-state index in [4.69, 9.17) is 16.7 Å². The van der Waals surface area contributed by atoms with Crippen molar-refractivity contribution in [3.8, 4) is 0 Å². The molecule has 1 rings (SSSR count). The molecule has 19 heavy (non-hydrogen) atoms. The number of amides is 2. The Morgan fingerprint density at radius 2 is 2.16 bits per heavy atom. The summed E-state index contributed by atoms with van der Waals surface area (Å²) in [5.41, 5.74) is 0.593. The first kappa shape index (κ1) is 15.8. The molecule has 0 aliphatic carbocycles. The van der Waals surface area contributed by atoms with Crippen LogP contribution in [0.4, 0.5) is 10.5 Å². The summed E-state index contributed by atoms with van der Waals surface area (Å²) >= 11 is 9.12. The van der Waals surface area contributed by atoms with Crippen molar-refractivity contribution in [1.29, 1.82) is 0 Å². The van der Waals surface area contributed by atoms with Crippen LogP contribution in [0, 0.1) is 0 Å². The number of nitrogens with zero attached hydrogens (tertiary/aromatic N) is 1. The van der Waals surface area contributed by atoms with Gasteiger partial charge in [-0.2, -0.15) is 0 Å². The Morgan fingerprint density at radius 1 is 1.47 bits per heavy atom. The molecule has 1 aromatic rings. The number of nitrogens with one attached hydrogen (secondary N) is 1. The summed E-state index contributed by atoms with van der Waals surface area (Å²) in [6.07, 6.45) is -0.0778. The second-order valence-electron chi connectivity index (χ2n) is 3.78. The predicted molar refractivity (Wildman–Crippen MR) is 77.7 cm³/mol. The fourth-order valence-corrected chi connectivity index (χ4v) is 1.91. The number of carbonyl (C=O) groups is 2. The fraction of sp³-hybridized carbons (Fsp3) is 0.333. The zero-order valence-electron chi connectivity index (χ0n) is 10.3. The molecule has 7 heteroatoms. The van der Waals surface area contributed by atoms with Gasteiger partial charge in [-0.15, -0.1) is 0 Å². The van der Waals surface area contributed by atoms with Gasteiger partial charge in [0.25, 0.3) is 0 Å². The maximum absolute atomic E-state index is 11.9. The minimum atomic E-state index is -0.930. The standard InChI is InChI=1S/C12H14BrClN2O3/c1-2-16(6-5-11(17)18)12(19)15-8-3-4-10(14)9(13)7-8/h3-4,7H,2,5-6H2,1H3,(H,15,19)(H,17,18). The van der Waals surface area contributed by atoms with Crippen LogP contribution in [0.1, 0.15) is 13.3 Å². The Morgan fingerprint density at radius 3 is 2.68 bits per heavy atom. The average Bonchev–Trinajstić information content (AvgIpc) is 2.34. The summed E-state index contributed by atoms with van der Waals surface area (Å²) in [5.74, 6) is -0.930. The highest BCUT2D eigenvalue weighted by atomic mass is 79.9. The van der Waals surface area contributed by atoms with Crippen LogP contribution in [0.2, 0.25) is 5.02 Å². The molecule has 104 valence electrons. The fourth-order valence-electron chi connectivity index (χ4n) is 1.41. The van der Waals surface area contributed by atoms with Crippen molar-refractivity contribution in [3.63, 3.8) is 0 Å². The normalized spacial score (nSPS) is 10.1. The summed E-state index contributed by atoms with van der Waals surface area (Å²) in [4.78, 5) is 23.9. The number of urea groups is 1. The molecular formula is C12H14BrClN2O3. The zero-order valence-corrected chi connectivity index (χ0v) is 12.7. The SMILES string of the molecule is CCN(CCC(=O)O)C(=O)Nc1ccc(Cl)c(Br)c1. The molecule has 0 bridgehead atoms. The van der Waals surface area contributed by atoms with Crippen molar-refractivity contribution in [2.75, 3.05) is 18.4 Å². The molecule has 1 aromatic carbocycles. The predicted octanol–water partition coefficient (Wildman–Crippen LogP) is 3.43. The molecule has 2 N–H and O–H groups in total. The number of aliphatic carboxylic acids is 1. The van der Waals surface area contributed by atoms with E-state index in [1.807, 2.05) is 0 Å². The maximum atomic E-state index is 11.9. The van der Waals surface area contributed by atoms with E-state index in [-0.39, 0.29) is 19.0 Å². The lowest BCUT2D eigenvalue weighted by molar-refractivity contribution is -0.137. The van der Waals surface area contributed by atoms with Gasteiger partial charge in [0, 0.05) is 23.2 Å². The van der Waals surface area contributed by atoms with Crippen LogP contribution in [0.3, 0.4) is 0 Å². The van der Waals surface area contributed by atoms with Crippen molar-refractivity contribution in [2.45, 2.75) is 13.3 Å². The molecule has 0 aromatic heterocycles. The number of carboxylic acid groups (broad SMARTS) is 1. The molecule has 0 heterocycles. The Hall–Kier alpha value is -1.27. The second-order valence-corrected chi connectivity index (χ2v) is 5.04. The smallest absolute Gasteiger partial charge is 0.321 e. The molecule has 0 aliphatic rings. The van der Waals surface area contributed by atoms with E-state index in [1.54, 1.807) is 25.1 Å². The third-order valence-corrected chi connectivity index (χ3v) is 3.65. The van der Waals surface area contributed by atoms with E-state index in [0.717, 1.165) is 0 Å². The third-order valence-electron chi connectivity index (χ3n) is 2.44. The van der Waals surface area contributed by atoms with Crippen molar-refractivity contribution in [2.24, 2.45) is 0 Å². The Balaban J connectivity index is 2.65. The lowest BCUT2D eigenvalue weighted by Gasteiger charge is -2.20. The molecular weight excluding hydrogens is 335 g/mol. The van der Waals surface area contributed by atoms with Gasteiger partial charge in [-0.1, -0.05) is 11.6 Å². The molecule has 5 nitrogen and oxygen atoms in total. The van der Waals surface area contributed by atoms with Crippen LogP contribution in [-0.4, -0.2) is 35.1 Å². The van der Waals surface area contributed by atoms with E-state index < -0.39 is 5.97 Å². The molecule has 0 aliphatic heterocycles. The molecule has 0 radical (unpaired) electrons. The molecule has 0 unspecified atom stereocenters. The first-order valence-corrected chi connectivity index (χ1v) is 6.84. The van der Waals surface area contributed by atoms with E-state index in [9.17, 15) is 9.59 Å². The average molecular weight is 350 g/mol. The summed E-state index contributed by atoms with van der Waals surface area (Å²) in [6.45, 7) is 2.40. The van der Waals surface area contributed by atoms with Gasteiger partial charge in [-0.3, -0.25) is 4.79 Å². The number of carboxylic acids is 1. The number of carbonyl (C=O) groups excluding carboxylic acids is 1. The van der Waals surface area contributed by atoms with Crippen LogP contribution in [-0.2, 0) is 4.79 Å². The maximum Gasteiger partial charge on any atom is 0.321 e. The number of halogens is 2. The van der Waals surface area contributed by atoms with Gasteiger partial charge in [0.2, 0.25) is 0 Å². The van der Waals surface area contributed by atoms with E-state index in [2.05, 4.69) is 21.2 Å². The van der Waals surface area contributed by atoms with Crippen LogP contribution in [0.5, 0.6) is 0 Å². The first-order chi connectivity index (χ1) is 8.93. The number of rotatable bonds is 5. The minimum absolute atomic E-state index is 0.0778. The van der Waals surface area contributed by atoms with Gasteiger partial charge in [0.05, 0.1) is 11.4 Å². The third kappa shape index (κ3) is 5.08. The van der Waals surface area contributed by atoms with E-state index >= 15 is 0 Å². The van der Waals surface area contributed by atoms with Gasteiger partial charge < -0.3 is 15.3 Å². The zero-order chi connectivity index (χ0) is 14.4. The summed E-state index contributed by atoms with van der Waals surface area (Å²) in [6, 6.07) is 4.69. The van der Waals surface area contributed by atoms with Gasteiger partial charge >= 0.3 is 12.0 Å². The summed E-state index contributed by atoms with van der Waals surface area (Å²) < 4.78 is 0.681. The molecule has 0 fully saturated rings. The Bertz CT molecular complexity index is 482. The Labute approximate surface area is 124 Å². The minimum Gasteiger partial charge on any atom is -0.481 e. The van der Waals surface area contributed by atoms with Crippen molar-refractivity contribution < 1.29 is 14.7 Å². The second kappa shape index (κ2) is 7.35. The largest absolute Gasteiger partial charge is 0.481 e. The highest BCUT2D eigenvalue weighted by Crippen LogP contribution is 2.25. The molecule has 0 atom stereocenters. The van der Waals surface area contributed by atoms with Crippen LogP contribution in [0.25, 0.3) is 0 Å². The number of anilines is 1. The van der Waals surface area contributed by atoms with Gasteiger partial charge in [0.15, 0.2) is 0 Å². The van der Waals surface area contributed by atoms with Crippen molar-refractivity contribution >= 4 is 45.2 Å². The topological polar surface area (TPSA) is 69.6 Å². The molecule has 0 saturated carbocycles. The lowest BCUT2D eigenvalue weighted by Crippen LogP contribution is -2.36. The quantitative estimate of drug-likeness (QED) is 0.855. The lowest BCUT2D eigenvalue weighted by atomic mass is 10.3. The van der Waals surface area contributed by atoms with Gasteiger partial charge in [0.1, 0.15) is 0 Å². The molecule has 2 amide bonds. The number of hydrogen-bond acceptors (Lipinski definition) is 2. The van der Waals surface area contributed by atoms with Crippen LogP contribution < -0.4 is 5.32 Å². The highest BCUT2D eigenvalue weighted by Gasteiger charge is 2.13. The highest BCUT2D eigenvalue weighted by molar-refractivity contribution is 9.10. The number of benzene rings is 1. The summed E-state index contributed by atoms with van der Waals surface area (Å²) in [5, 5.41) is 11.9.